The van der Waals surface area contributed by atoms with Crippen molar-refractivity contribution in [3.8, 4) is 0 Å². The van der Waals surface area contributed by atoms with Gasteiger partial charge in [0.05, 0.1) is 12.2 Å². The average molecular weight is 260 g/mol. The van der Waals surface area contributed by atoms with Crippen molar-refractivity contribution in [3.63, 3.8) is 0 Å². The topological polar surface area (TPSA) is 52.3 Å². The first-order valence-electron chi connectivity index (χ1n) is 4.89. The number of esters is 1. The van der Waals surface area contributed by atoms with Gasteiger partial charge in [-0.2, -0.15) is 0 Å². The molecule has 1 saturated carbocycles. The summed E-state index contributed by atoms with van der Waals surface area (Å²) < 4.78 is 4.37. The van der Waals surface area contributed by atoms with E-state index >= 15 is 0 Å². The van der Waals surface area contributed by atoms with Crippen LogP contribution in [0.15, 0.2) is 24.3 Å². The lowest BCUT2D eigenvalue weighted by molar-refractivity contribution is 0.0485. The molecular weight excluding hydrogens is 249 g/mol. The van der Waals surface area contributed by atoms with Crippen molar-refractivity contribution in [1.29, 1.82) is 0 Å². The van der Waals surface area contributed by atoms with E-state index in [0.717, 1.165) is 0 Å². The molecule has 0 aliphatic heterocycles. The van der Waals surface area contributed by atoms with Gasteiger partial charge in [0.15, 0.2) is 0 Å². The second-order valence-electron chi connectivity index (χ2n) is 3.88. The zero-order valence-electron chi connectivity index (χ0n) is 8.45. The zero-order chi connectivity index (χ0) is 11.8. The first-order chi connectivity index (χ1) is 7.49. The zero-order valence-corrected chi connectivity index (χ0v) is 9.96. The lowest BCUT2D eigenvalue weighted by atomic mass is 10.2. The number of carbonyl (C=O) groups is 1. The minimum Gasteiger partial charge on any atom is -0.462 e. The van der Waals surface area contributed by atoms with E-state index < -0.39 is 4.33 Å². The van der Waals surface area contributed by atoms with Gasteiger partial charge in [-0.25, -0.2) is 4.79 Å². The molecule has 0 heterocycles. The van der Waals surface area contributed by atoms with Crippen LogP contribution < -0.4 is 5.73 Å². The highest BCUT2D eigenvalue weighted by Gasteiger charge is 2.52. The number of hydrogen-bond donors (Lipinski definition) is 1. The predicted molar refractivity (Wildman–Crippen MR) is 63.7 cm³/mol. The maximum absolute atomic E-state index is 11.6. The standard InChI is InChI=1S/C11H11Cl2NO2/c12-11(13)5-8(11)6-16-10(15)7-1-3-9(14)4-2-7/h1-4,8H,5-6,14H2. The summed E-state index contributed by atoms with van der Waals surface area (Å²) >= 11 is 11.6. The fraction of sp³-hybridized carbons (Fsp3) is 0.364. The SMILES string of the molecule is Nc1ccc(C(=O)OCC2CC2(Cl)Cl)cc1. The van der Waals surface area contributed by atoms with Gasteiger partial charge in [0.2, 0.25) is 0 Å². The van der Waals surface area contributed by atoms with Gasteiger partial charge in [0.1, 0.15) is 4.33 Å². The Labute approximate surface area is 103 Å². The summed E-state index contributed by atoms with van der Waals surface area (Å²) in [5, 5.41) is 0. The van der Waals surface area contributed by atoms with Gasteiger partial charge >= 0.3 is 5.97 Å². The van der Waals surface area contributed by atoms with E-state index in [4.69, 9.17) is 33.7 Å². The van der Waals surface area contributed by atoms with Gasteiger partial charge < -0.3 is 10.5 Å². The Balaban J connectivity index is 1.87. The maximum Gasteiger partial charge on any atom is 0.338 e. The van der Waals surface area contributed by atoms with Crippen LogP contribution in [0.4, 0.5) is 5.69 Å². The first kappa shape index (κ1) is 11.6. The Morgan fingerprint density at radius 3 is 2.50 bits per heavy atom. The van der Waals surface area contributed by atoms with Gasteiger partial charge in [-0.05, 0) is 30.7 Å². The Kier molecular flexibility index (Phi) is 3.00. The number of carbonyl (C=O) groups excluding carboxylic acids is 1. The van der Waals surface area contributed by atoms with Crippen LogP contribution in [-0.4, -0.2) is 16.9 Å². The number of rotatable bonds is 3. The summed E-state index contributed by atoms with van der Waals surface area (Å²) in [6.45, 7) is 0.260. The van der Waals surface area contributed by atoms with Crippen LogP contribution in [-0.2, 0) is 4.74 Å². The molecule has 2 rings (SSSR count). The molecule has 86 valence electrons. The van der Waals surface area contributed by atoms with Crippen molar-refractivity contribution >= 4 is 34.9 Å². The fourth-order valence-corrected chi connectivity index (χ4v) is 1.83. The van der Waals surface area contributed by atoms with Crippen molar-refractivity contribution in [2.24, 2.45) is 5.92 Å². The number of halogens is 2. The van der Waals surface area contributed by atoms with E-state index in [1.165, 1.54) is 0 Å². The van der Waals surface area contributed by atoms with Crippen LogP contribution in [0.25, 0.3) is 0 Å². The van der Waals surface area contributed by atoms with E-state index in [2.05, 4.69) is 0 Å². The lowest BCUT2D eigenvalue weighted by Gasteiger charge is -2.04. The van der Waals surface area contributed by atoms with Crippen molar-refractivity contribution in [1.82, 2.24) is 0 Å². The third-order valence-corrected chi connectivity index (χ3v) is 3.44. The summed E-state index contributed by atoms with van der Waals surface area (Å²) in [5.74, 6) is -0.329. The van der Waals surface area contributed by atoms with Gasteiger partial charge in [-0.1, -0.05) is 0 Å². The number of nitrogens with two attached hydrogens (primary N) is 1. The molecule has 1 aliphatic rings. The van der Waals surface area contributed by atoms with E-state index in [1.54, 1.807) is 24.3 Å². The highest BCUT2D eigenvalue weighted by molar-refractivity contribution is 6.50. The quantitative estimate of drug-likeness (QED) is 0.516. The molecule has 3 nitrogen and oxygen atoms in total. The molecule has 5 heteroatoms. The van der Waals surface area contributed by atoms with Crippen LogP contribution >= 0.6 is 23.2 Å². The molecule has 0 bridgehead atoms. The second-order valence-corrected chi connectivity index (χ2v) is 5.42. The molecule has 1 aromatic carbocycles. The molecule has 0 radical (unpaired) electrons. The fourth-order valence-electron chi connectivity index (χ4n) is 1.33. The molecule has 1 aliphatic carbocycles. The van der Waals surface area contributed by atoms with E-state index in [9.17, 15) is 4.79 Å². The Morgan fingerprint density at radius 1 is 1.44 bits per heavy atom. The third kappa shape index (κ3) is 2.60. The third-order valence-electron chi connectivity index (χ3n) is 2.52. The minimum atomic E-state index is -0.707. The predicted octanol–water partition coefficient (Wildman–Crippen LogP) is 2.62. The molecule has 1 aromatic rings. The van der Waals surface area contributed by atoms with Crippen LogP contribution in [0.3, 0.4) is 0 Å². The summed E-state index contributed by atoms with van der Waals surface area (Å²) in [6.07, 6.45) is 0.672. The largest absolute Gasteiger partial charge is 0.462 e. The molecular formula is C11H11Cl2NO2. The summed E-state index contributed by atoms with van der Waals surface area (Å²) in [4.78, 5) is 11.6. The Bertz CT molecular complexity index is 403. The van der Waals surface area contributed by atoms with E-state index in [-0.39, 0.29) is 18.5 Å². The molecule has 0 amide bonds. The van der Waals surface area contributed by atoms with Crippen molar-refractivity contribution in [2.75, 3.05) is 12.3 Å². The number of hydrogen-bond acceptors (Lipinski definition) is 3. The highest BCUT2D eigenvalue weighted by atomic mass is 35.5. The van der Waals surface area contributed by atoms with E-state index in [0.29, 0.717) is 17.7 Å². The van der Waals surface area contributed by atoms with Crippen molar-refractivity contribution < 1.29 is 9.53 Å². The molecule has 0 spiro atoms. The number of alkyl halides is 2. The molecule has 0 aromatic heterocycles. The minimum absolute atomic E-state index is 0.0496. The molecule has 1 unspecified atom stereocenters. The normalized spacial score (nSPS) is 21.5. The van der Waals surface area contributed by atoms with Crippen LogP contribution in [0.2, 0.25) is 0 Å². The van der Waals surface area contributed by atoms with Gasteiger partial charge in [0, 0.05) is 11.6 Å². The lowest BCUT2D eigenvalue weighted by Crippen LogP contribution is -2.09. The summed E-state index contributed by atoms with van der Waals surface area (Å²) in [5.41, 5.74) is 6.59. The Morgan fingerprint density at radius 2 is 2.00 bits per heavy atom. The smallest absolute Gasteiger partial charge is 0.338 e. The van der Waals surface area contributed by atoms with Crippen LogP contribution in [0.5, 0.6) is 0 Å². The van der Waals surface area contributed by atoms with Crippen molar-refractivity contribution in [3.05, 3.63) is 29.8 Å². The first-order valence-corrected chi connectivity index (χ1v) is 5.65. The maximum atomic E-state index is 11.6. The summed E-state index contributed by atoms with van der Waals surface area (Å²) in [7, 11) is 0. The second kappa shape index (κ2) is 4.15. The van der Waals surface area contributed by atoms with Crippen LogP contribution in [0.1, 0.15) is 16.8 Å². The van der Waals surface area contributed by atoms with Gasteiger partial charge in [-0.15, -0.1) is 23.2 Å². The highest BCUT2D eigenvalue weighted by Crippen LogP contribution is 2.53. The Hall–Kier alpha value is -0.930. The average Bonchev–Trinajstić information content (AvgIpc) is 2.84. The molecule has 2 N–H and O–H groups in total. The number of nitrogen functional groups attached to an aromatic ring is 1. The molecule has 0 saturated heterocycles. The monoisotopic (exact) mass is 259 g/mol. The molecule has 1 atom stereocenters. The number of anilines is 1. The summed E-state index contributed by atoms with van der Waals surface area (Å²) in [6, 6.07) is 6.56. The molecule has 1 fully saturated rings. The number of benzene rings is 1. The number of ether oxygens (including phenoxy) is 1. The molecule has 16 heavy (non-hydrogen) atoms. The van der Waals surface area contributed by atoms with Crippen LogP contribution in [0, 0.1) is 5.92 Å². The van der Waals surface area contributed by atoms with Gasteiger partial charge in [0.25, 0.3) is 0 Å². The van der Waals surface area contributed by atoms with Gasteiger partial charge in [-0.3, -0.25) is 0 Å². The van der Waals surface area contributed by atoms with E-state index in [1.807, 2.05) is 0 Å². The van der Waals surface area contributed by atoms with Crippen molar-refractivity contribution in [2.45, 2.75) is 10.8 Å².